The van der Waals surface area contributed by atoms with Gasteiger partial charge in [-0.15, -0.1) is 0 Å². The molecule has 12 aromatic carbocycles. The van der Waals surface area contributed by atoms with E-state index in [1.165, 1.54) is 21.5 Å². The maximum Gasteiger partial charge on any atom is 0.206 e. The monoisotopic (exact) mass is 1210 g/mol. The minimum atomic E-state index is -4.08. The minimum absolute atomic E-state index is 0.154. The fraction of sp³-hybridized carbons (Fsp3) is 0. The molecule has 0 saturated heterocycles. The number of hydrogen-bond acceptors (Lipinski definition) is 6. The lowest BCUT2D eigenvalue weighted by atomic mass is 10.2. The van der Waals surface area contributed by atoms with E-state index in [2.05, 4.69) is 271 Å². The van der Waals surface area contributed by atoms with E-state index < -0.39 is 9.84 Å². The fourth-order valence-corrected chi connectivity index (χ4v) is 15.4. The number of hydrogen-bond donors (Lipinski definition) is 0. The number of benzene rings is 12. The van der Waals surface area contributed by atoms with Gasteiger partial charge in [0.2, 0.25) is 9.84 Å². The van der Waals surface area contributed by atoms with Gasteiger partial charge in [-0.05, 0) is 158 Å². The number of para-hydroxylation sites is 8. The third-order valence-electron chi connectivity index (χ3n) is 18.2. The molecule has 440 valence electrons. The Morgan fingerprint density at radius 1 is 0.237 bits per heavy atom. The highest BCUT2D eigenvalue weighted by atomic mass is 32.2. The van der Waals surface area contributed by atoms with Crippen molar-refractivity contribution in [2.24, 2.45) is 0 Å². The van der Waals surface area contributed by atoms with Crippen LogP contribution in [0, 0.1) is 0 Å². The third-order valence-corrected chi connectivity index (χ3v) is 20.0. The van der Waals surface area contributed by atoms with Crippen LogP contribution in [0.1, 0.15) is 0 Å². The summed E-state index contributed by atoms with van der Waals surface area (Å²) in [6, 6.07) is 111. The largest absolute Gasteiger partial charge is 0.309 e. The van der Waals surface area contributed by atoms with E-state index in [0.717, 1.165) is 111 Å². The molecule has 6 heterocycles. The number of anilines is 6. The summed E-state index contributed by atoms with van der Waals surface area (Å²) >= 11 is 0. The lowest BCUT2D eigenvalue weighted by molar-refractivity contribution is 0.596. The highest BCUT2D eigenvalue weighted by Crippen LogP contribution is 2.43. The first-order chi connectivity index (χ1) is 45.9. The van der Waals surface area contributed by atoms with Crippen molar-refractivity contribution in [2.75, 3.05) is 9.80 Å². The van der Waals surface area contributed by atoms with Gasteiger partial charge in [-0.1, -0.05) is 170 Å². The summed E-state index contributed by atoms with van der Waals surface area (Å²) < 4.78 is 39.4. The van der Waals surface area contributed by atoms with Crippen molar-refractivity contribution >= 4 is 131 Å². The first kappa shape index (κ1) is 53.7. The van der Waals surface area contributed by atoms with E-state index in [-0.39, 0.29) is 9.79 Å². The number of aromatic nitrogens is 6. The topological polar surface area (TPSA) is 86.1 Å². The SMILES string of the molecule is O=S(=O)(c1ccc(N(c2cccc(-n3c4ccccc4c4ccccc43)c2)c2cccc(-n3c4ccccc4c4ccccc43)n2)cc1)c1ccc(N(c2cccc(-n3c4ccccc4c4ccccc43)c2)c2cccc(-n3c4ccccc4c4ccccc43)n2)cc1. The molecule has 0 aliphatic heterocycles. The van der Waals surface area contributed by atoms with Crippen LogP contribution in [0.15, 0.2) is 337 Å². The Morgan fingerprint density at radius 2 is 0.495 bits per heavy atom. The molecular weight excluding hydrogens is 1160 g/mol. The Kier molecular flexibility index (Phi) is 12.4. The molecule has 10 nitrogen and oxygen atoms in total. The van der Waals surface area contributed by atoms with Gasteiger partial charge >= 0.3 is 0 Å². The van der Waals surface area contributed by atoms with Crippen LogP contribution >= 0.6 is 0 Å². The molecule has 0 unspecified atom stereocenters. The standard InChI is InChI=1S/C82H54N8O2S/c91-93(92,61-49-45-55(46-50-61)85(57-21-17-23-59(53-57)87-71-33-9-1-25-63(71)64-26-2-10-34-72(64)87)79-41-19-43-81(83-79)89-75-37-13-5-29-67(75)68-30-6-14-38-76(68)89)62-51-47-56(48-52-62)86(58-22-18-24-60(54-58)88-73-35-11-3-27-65(73)66-28-4-12-36-74(66)88)80-42-20-44-82(84-80)90-77-39-15-7-31-69(77)70-32-8-16-40-78(70)90/h1-54H. The Labute approximate surface area is 535 Å². The van der Waals surface area contributed by atoms with Crippen molar-refractivity contribution in [1.29, 1.82) is 0 Å². The highest BCUT2D eigenvalue weighted by Gasteiger charge is 2.25. The molecule has 0 saturated carbocycles. The third kappa shape index (κ3) is 8.66. The van der Waals surface area contributed by atoms with Gasteiger partial charge in [0.25, 0.3) is 0 Å². The molecular formula is C82H54N8O2S. The maximum atomic E-state index is 15.2. The van der Waals surface area contributed by atoms with Gasteiger partial charge in [0.05, 0.1) is 53.9 Å². The lowest BCUT2D eigenvalue weighted by Crippen LogP contribution is -2.14. The van der Waals surface area contributed by atoms with Crippen LogP contribution in [0.3, 0.4) is 0 Å². The molecule has 0 N–H and O–H groups in total. The van der Waals surface area contributed by atoms with Crippen molar-refractivity contribution < 1.29 is 8.42 Å². The quantitative estimate of drug-likeness (QED) is 0.121. The Hall–Kier alpha value is -12.3. The van der Waals surface area contributed by atoms with Gasteiger partial charge in [0.15, 0.2) is 0 Å². The van der Waals surface area contributed by atoms with Gasteiger partial charge < -0.3 is 9.13 Å². The van der Waals surface area contributed by atoms with Crippen LogP contribution in [0.4, 0.5) is 34.4 Å². The van der Waals surface area contributed by atoms with E-state index in [1.807, 2.05) is 60.7 Å². The van der Waals surface area contributed by atoms with Gasteiger partial charge in [0.1, 0.15) is 23.3 Å². The number of fused-ring (bicyclic) bond motifs is 12. The second-order valence-corrected chi connectivity index (χ2v) is 25.3. The molecule has 0 radical (unpaired) electrons. The summed E-state index contributed by atoms with van der Waals surface area (Å²) in [5.74, 6) is 2.80. The van der Waals surface area contributed by atoms with E-state index in [1.54, 1.807) is 24.3 Å². The predicted molar refractivity (Wildman–Crippen MR) is 381 cm³/mol. The Morgan fingerprint density at radius 3 is 0.785 bits per heavy atom. The van der Waals surface area contributed by atoms with E-state index in [0.29, 0.717) is 11.6 Å². The van der Waals surface area contributed by atoms with Crippen LogP contribution in [0.5, 0.6) is 0 Å². The summed E-state index contributed by atoms with van der Waals surface area (Å²) in [5.41, 5.74) is 13.6. The van der Waals surface area contributed by atoms with Crippen molar-refractivity contribution in [3.8, 4) is 23.0 Å². The zero-order valence-corrected chi connectivity index (χ0v) is 50.8. The molecule has 18 rings (SSSR count). The van der Waals surface area contributed by atoms with Crippen LogP contribution in [-0.4, -0.2) is 36.7 Å². The Bertz CT molecular complexity index is 5220. The zero-order chi connectivity index (χ0) is 61.7. The molecule has 0 aliphatic carbocycles. The molecule has 0 spiro atoms. The average Bonchev–Trinajstić information content (AvgIpc) is 1.73. The van der Waals surface area contributed by atoms with Crippen molar-refractivity contribution in [3.63, 3.8) is 0 Å². The predicted octanol–water partition coefficient (Wildman–Crippen LogP) is 20.6. The van der Waals surface area contributed by atoms with E-state index in [9.17, 15) is 0 Å². The number of rotatable bonds is 12. The molecule has 0 amide bonds. The first-order valence-electron chi connectivity index (χ1n) is 31.1. The van der Waals surface area contributed by atoms with Crippen molar-refractivity contribution in [1.82, 2.24) is 28.2 Å². The smallest absolute Gasteiger partial charge is 0.206 e. The number of pyridine rings is 2. The molecule has 11 heteroatoms. The Balaban J connectivity index is 0.744. The van der Waals surface area contributed by atoms with Crippen LogP contribution < -0.4 is 9.80 Å². The van der Waals surface area contributed by atoms with Crippen LogP contribution in [0.2, 0.25) is 0 Å². The van der Waals surface area contributed by atoms with Gasteiger partial charge in [-0.3, -0.25) is 18.9 Å². The molecule has 0 aliphatic rings. The van der Waals surface area contributed by atoms with Gasteiger partial charge in [-0.25, -0.2) is 18.4 Å². The van der Waals surface area contributed by atoms with Crippen LogP contribution in [-0.2, 0) is 9.84 Å². The highest BCUT2D eigenvalue weighted by molar-refractivity contribution is 7.91. The van der Waals surface area contributed by atoms with E-state index >= 15 is 8.42 Å². The number of nitrogens with zero attached hydrogens (tertiary/aromatic N) is 8. The van der Waals surface area contributed by atoms with Gasteiger partial charge in [0, 0.05) is 77.2 Å². The minimum Gasteiger partial charge on any atom is -0.309 e. The molecule has 0 bridgehead atoms. The second kappa shape index (κ2) is 21.4. The summed E-state index contributed by atoms with van der Waals surface area (Å²) in [7, 11) is -4.08. The fourth-order valence-electron chi connectivity index (χ4n) is 14.1. The van der Waals surface area contributed by atoms with E-state index in [4.69, 9.17) is 9.97 Å². The lowest BCUT2D eigenvalue weighted by Gasteiger charge is -2.26. The maximum absolute atomic E-state index is 15.2. The summed E-state index contributed by atoms with van der Waals surface area (Å²) in [4.78, 5) is 15.5. The van der Waals surface area contributed by atoms with Crippen molar-refractivity contribution in [3.05, 3.63) is 328 Å². The second-order valence-electron chi connectivity index (χ2n) is 23.4. The molecule has 0 atom stereocenters. The summed E-state index contributed by atoms with van der Waals surface area (Å²) in [6.07, 6.45) is 0. The average molecular weight is 1220 g/mol. The van der Waals surface area contributed by atoms with Crippen molar-refractivity contribution in [2.45, 2.75) is 9.79 Å². The van der Waals surface area contributed by atoms with Crippen LogP contribution in [0.25, 0.3) is 110 Å². The summed E-state index contributed by atoms with van der Waals surface area (Å²) in [5, 5.41) is 9.22. The molecule has 0 fully saturated rings. The molecule has 6 aromatic heterocycles. The van der Waals surface area contributed by atoms with Gasteiger partial charge in [-0.2, -0.15) is 0 Å². The summed E-state index contributed by atoms with van der Waals surface area (Å²) in [6.45, 7) is 0. The zero-order valence-electron chi connectivity index (χ0n) is 50.0. The number of sulfone groups is 1. The normalized spacial score (nSPS) is 12.0. The first-order valence-corrected chi connectivity index (χ1v) is 32.5. The molecule has 93 heavy (non-hydrogen) atoms. The molecule has 18 aromatic rings.